The molecule has 0 bridgehead atoms. The SMILES string of the molecule is S=C(Nc1ccccc1)SCc1c(Cl)cccc1Cl. The summed E-state index contributed by atoms with van der Waals surface area (Å²) < 4.78 is 0.696. The van der Waals surface area contributed by atoms with Crippen LogP contribution >= 0.6 is 47.2 Å². The second-order valence-corrected chi connectivity index (χ2v) is 6.23. The number of hydrogen-bond donors (Lipinski definition) is 1. The summed E-state index contributed by atoms with van der Waals surface area (Å²) in [4.78, 5) is 0. The van der Waals surface area contributed by atoms with Crippen LogP contribution in [0.15, 0.2) is 48.5 Å². The molecule has 0 aliphatic rings. The fraction of sp³-hybridized carbons (Fsp3) is 0.0714. The van der Waals surface area contributed by atoms with Crippen molar-refractivity contribution in [1.82, 2.24) is 0 Å². The molecule has 0 aromatic heterocycles. The number of thiocarbonyl (C=S) groups is 1. The van der Waals surface area contributed by atoms with Gasteiger partial charge in [-0.25, -0.2) is 0 Å². The zero-order valence-electron chi connectivity index (χ0n) is 9.90. The molecule has 1 nitrogen and oxygen atoms in total. The highest BCUT2D eigenvalue weighted by atomic mass is 35.5. The van der Waals surface area contributed by atoms with E-state index in [2.05, 4.69) is 5.32 Å². The predicted octanol–water partition coefficient (Wildman–Crippen LogP) is 5.62. The van der Waals surface area contributed by atoms with Crippen LogP contribution in [-0.4, -0.2) is 4.32 Å². The summed E-state index contributed by atoms with van der Waals surface area (Å²) in [5.41, 5.74) is 1.89. The minimum absolute atomic E-state index is 0.650. The fourth-order valence-corrected chi connectivity index (χ4v) is 3.24. The first-order chi connectivity index (χ1) is 9.16. The highest BCUT2D eigenvalue weighted by Crippen LogP contribution is 2.28. The van der Waals surface area contributed by atoms with Crippen molar-refractivity contribution in [2.75, 3.05) is 5.32 Å². The summed E-state index contributed by atoms with van der Waals surface area (Å²) in [5.74, 6) is 0.650. The number of thioether (sulfide) groups is 1. The monoisotopic (exact) mass is 327 g/mol. The van der Waals surface area contributed by atoms with E-state index in [1.807, 2.05) is 48.5 Å². The molecule has 19 heavy (non-hydrogen) atoms. The molecule has 0 aliphatic carbocycles. The zero-order chi connectivity index (χ0) is 13.7. The third-order valence-electron chi connectivity index (χ3n) is 2.43. The fourth-order valence-electron chi connectivity index (χ4n) is 1.48. The summed E-state index contributed by atoms with van der Waals surface area (Å²) in [5, 5.41) is 4.50. The quantitative estimate of drug-likeness (QED) is 0.734. The van der Waals surface area contributed by atoms with Crippen molar-refractivity contribution in [2.45, 2.75) is 5.75 Å². The van der Waals surface area contributed by atoms with Crippen molar-refractivity contribution in [3.05, 3.63) is 64.1 Å². The van der Waals surface area contributed by atoms with Crippen LogP contribution in [0.1, 0.15) is 5.56 Å². The van der Waals surface area contributed by atoms with E-state index in [4.69, 9.17) is 35.4 Å². The Hall–Kier alpha value is -0.740. The van der Waals surface area contributed by atoms with Crippen molar-refractivity contribution < 1.29 is 0 Å². The Kier molecular flexibility index (Phi) is 5.52. The lowest BCUT2D eigenvalue weighted by Crippen LogP contribution is -2.04. The second kappa shape index (κ2) is 7.15. The van der Waals surface area contributed by atoms with Crippen molar-refractivity contribution in [3.63, 3.8) is 0 Å². The van der Waals surface area contributed by atoms with Crippen LogP contribution in [0.4, 0.5) is 5.69 Å². The summed E-state index contributed by atoms with van der Waals surface area (Å²) in [6.45, 7) is 0. The number of nitrogens with one attached hydrogen (secondary N) is 1. The number of anilines is 1. The molecule has 2 rings (SSSR count). The van der Waals surface area contributed by atoms with Gasteiger partial charge in [-0.05, 0) is 29.8 Å². The highest BCUT2D eigenvalue weighted by Gasteiger charge is 2.07. The topological polar surface area (TPSA) is 12.0 Å². The molecule has 0 aliphatic heterocycles. The Morgan fingerprint density at radius 2 is 1.63 bits per heavy atom. The van der Waals surface area contributed by atoms with Crippen molar-refractivity contribution in [1.29, 1.82) is 0 Å². The third-order valence-corrected chi connectivity index (χ3v) is 4.39. The number of hydrogen-bond acceptors (Lipinski definition) is 2. The average molecular weight is 328 g/mol. The third kappa shape index (κ3) is 4.39. The van der Waals surface area contributed by atoms with Gasteiger partial charge in [0.15, 0.2) is 0 Å². The molecule has 0 amide bonds. The zero-order valence-corrected chi connectivity index (χ0v) is 13.0. The van der Waals surface area contributed by atoms with Crippen molar-refractivity contribution in [3.8, 4) is 0 Å². The molecule has 0 atom stereocenters. The van der Waals surface area contributed by atoms with Gasteiger partial charge in [-0.1, -0.05) is 71.4 Å². The molecule has 2 aromatic carbocycles. The Bertz CT molecular complexity index is 553. The normalized spacial score (nSPS) is 10.2. The number of rotatable bonds is 3. The van der Waals surface area contributed by atoms with E-state index >= 15 is 0 Å². The van der Waals surface area contributed by atoms with Gasteiger partial charge in [-0.2, -0.15) is 0 Å². The van der Waals surface area contributed by atoms with Crippen LogP contribution in [0.3, 0.4) is 0 Å². The summed E-state index contributed by atoms with van der Waals surface area (Å²) in [7, 11) is 0. The second-order valence-electron chi connectivity index (χ2n) is 3.77. The molecule has 5 heteroatoms. The lowest BCUT2D eigenvalue weighted by molar-refractivity contribution is 1.42. The lowest BCUT2D eigenvalue weighted by atomic mass is 10.2. The molecule has 0 spiro atoms. The molecular weight excluding hydrogens is 317 g/mol. The van der Waals surface area contributed by atoms with E-state index in [0.717, 1.165) is 11.3 Å². The predicted molar refractivity (Wildman–Crippen MR) is 90.4 cm³/mol. The van der Waals surface area contributed by atoms with Crippen LogP contribution in [-0.2, 0) is 5.75 Å². The van der Waals surface area contributed by atoms with Gasteiger partial charge in [0.05, 0.1) is 0 Å². The number of benzene rings is 2. The molecular formula is C14H11Cl2NS2. The molecule has 1 N–H and O–H groups in total. The average Bonchev–Trinajstić information content (AvgIpc) is 2.39. The molecule has 0 unspecified atom stereocenters. The van der Waals surface area contributed by atoms with Crippen LogP contribution in [0.2, 0.25) is 10.0 Å². The maximum Gasteiger partial charge on any atom is 0.138 e. The van der Waals surface area contributed by atoms with E-state index in [1.165, 1.54) is 11.8 Å². The van der Waals surface area contributed by atoms with Crippen LogP contribution in [0, 0.1) is 0 Å². The van der Waals surface area contributed by atoms with E-state index < -0.39 is 0 Å². The van der Waals surface area contributed by atoms with Gasteiger partial charge in [0.1, 0.15) is 4.32 Å². The van der Waals surface area contributed by atoms with Crippen LogP contribution in [0.25, 0.3) is 0 Å². The van der Waals surface area contributed by atoms with Gasteiger partial charge >= 0.3 is 0 Å². The first kappa shape index (κ1) is 14.7. The molecule has 0 fully saturated rings. The maximum absolute atomic E-state index is 6.11. The Balaban J connectivity index is 1.94. The first-order valence-electron chi connectivity index (χ1n) is 5.58. The number of halogens is 2. The Morgan fingerprint density at radius 3 is 2.26 bits per heavy atom. The molecule has 0 radical (unpaired) electrons. The molecule has 0 heterocycles. The van der Waals surface area contributed by atoms with Crippen molar-refractivity contribution >= 4 is 57.2 Å². The van der Waals surface area contributed by atoms with E-state index in [1.54, 1.807) is 0 Å². The van der Waals surface area contributed by atoms with Gasteiger partial charge < -0.3 is 5.32 Å². The Labute approximate surface area is 132 Å². The number of para-hydroxylation sites is 1. The summed E-state index contributed by atoms with van der Waals surface area (Å²) >= 11 is 19.0. The largest absolute Gasteiger partial charge is 0.341 e. The van der Waals surface area contributed by atoms with Gasteiger partial charge in [0.25, 0.3) is 0 Å². The molecule has 0 saturated heterocycles. The minimum atomic E-state index is 0.650. The van der Waals surface area contributed by atoms with Gasteiger partial charge in [0, 0.05) is 21.5 Å². The van der Waals surface area contributed by atoms with Crippen LogP contribution < -0.4 is 5.32 Å². The van der Waals surface area contributed by atoms with Gasteiger partial charge in [-0.15, -0.1) is 0 Å². The van der Waals surface area contributed by atoms with E-state index in [-0.39, 0.29) is 0 Å². The van der Waals surface area contributed by atoms with E-state index in [0.29, 0.717) is 20.1 Å². The first-order valence-corrected chi connectivity index (χ1v) is 7.73. The molecule has 0 saturated carbocycles. The summed E-state index contributed by atoms with van der Waals surface area (Å²) in [6, 6.07) is 15.3. The Morgan fingerprint density at radius 1 is 1.00 bits per heavy atom. The standard InChI is InChI=1S/C14H11Cl2NS2/c15-12-7-4-8-13(16)11(12)9-19-14(18)17-10-5-2-1-3-6-10/h1-8H,9H2,(H,17,18). The molecule has 2 aromatic rings. The highest BCUT2D eigenvalue weighted by molar-refractivity contribution is 8.22. The van der Waals surface area contributed by atoms with Gasteiger partial charge in [0.2, 0.25) is 0 Å². The molecule has 98 valence electrons. The minimum Gasteiger partial charge on any atom is -0.341 e. The van der Waals surface area contributed by atoms with Crippen LogP contribution in [0.5, 0.6) is 0 Å². The van der Waals surface area contributed by atoms with Gasteiger partial charge in [-0.3, -0.25) is 0 Å². The van der Waals surface area contributed by atoms with Crippen molar-refractivity contribution in [2.24, 2.45) is 0 Å². The summed E-state index contributed by atoms with van der Waals surface area (Å²) in [6.07, 6.45) is 0. The maximum atomic E-state index is 6.11. The smallest absolute Gasteiger partial charge is 0.138 e. The lowest BCUT2D eigenvalue weighted by Gasteiger charge is -2.09. The van der Waals surface area contributed by atoms with E-state index in [9.17, 15) is 0 Å².